The van der Waals surface area contributed by atoms with E-state index in [1.165, 1.54) is 96.0 Å². The highest BCUT2D eigenvalue weighted by atomic mass is 32.2. The molecule has 0 aromatic rings. The number of aliphatic hydroxyl groups is 1. The van der Waals surface area contributed by atoms with Crippen molar-refractivity contribution >= 4 is 16.0 Å². The van der Waals surface area contributed by atoms with Gasteiger partial charge >= 0.3 is 0 Å². The van der Waals surface area contributed by atoms with Gasteiger partial charge in [0.25, 0.3) is 10.1 Å². The van der Waals surface area contributed by atoms with Crippen molar-refractivity contribution < 1.29 is 22.9 Å². The molecule has 0 aromatic carbocycles. The summed E-state index contributed by atoms with van der Waals surface area (Å²) in [6, 6.07) is -1.10. The third-order valence-electron chi connectivity index (χ3n) is 8.84. The summed E-state index contributed by atoms with van der Waals surface area (Å²) >= 11 is 0. The molecule has 3 N–H and O–H groups in total. The SMILES string of the molecule is CC/C=C\C/C=C\C/C=C\C/C=C\C/C=C\C/C=C\CCC(=O)NC(CS(=O)(=O)O)C(O)/C=C/CCCCCCCCCCCCCCCCCC. The zero-order chi connectivity index (χ0) is 38.2. The fourth-order valence-corrected chi connectivity index (χ4v) is 6.50. The predicted molar refractivity (Wildman–Crippen MR) is 225 cm³/mol. The number of carbonyl (C=O) groups excluding carboxylic acids is 1. The Morgan fingerprint density at radius 3 is 1.33 bits per heavy atom. The fraction of sp³-hybridized carbons (Fsp3) is 0.667. The molecule has 2 unspecified atom stereocenters. The van der Waals surface area contributed by atoms with Crippen LogP contribution in [0.15, 0.2) is 85.1 Å². The molecule has 1 amide bonds. The van der Waals surface area contributed by atoms with Gasteiger partial charge in [-0.3, -0.25) is 9.35 Å². The second-order valence-electron chi connectivity index (χ2n) is 13.9. The van der Waals surface area contributed by atoms with Gasteiger partial charge in [0.1, 0.15) is 0 Å². The Balaban J connectivity index is 4.08. The van der Waals surface area contributed by atoms with E-state index in [0.717, 1.165) is 57.8 Å². The van der Waals surface area contributed by atoms with Gasteiger partial charge in [-0.15, -0.1) is 0 Å². The summed E-state index contributed by atoms with van der Waals surface area (Å²) in [4.78, 5) is 12.5. The van der Waals surface area contributed by atoms with E-state index in [1.54, 1.807) is 0 Å². The van der Waals surface area contributed by atoms with E-state index in [4.69, 9.17) is 0 Å². The zero-order valence-electron chi connectivity index (χ0n) is 33.1. The summed E-state index contributed by atoms with van der Waals surface area (Å²) in [5, 5.41) is 13.2. The first-order valence-corrected chi connectivity index (χ1v) is 22.4. The lowest BCUT2D eigenvalue weighted by Gasteiger charge is -2.20. The minimum Gasteiger partial charge on any atom is -0.387 e. The van der Waals surface area contributed by atoms with Crippen LogP contribution in [0, 0.1) is 0 Å². The molecule has 0 spiro atoms. The van der Waals surface area contributed by atoms with Crippen molar-refractivity contribution in [3.63, 3.8) is 0 Å². The van der Waals surface area contributed by atoms with E-state index in [2.05, 4.69) is 79.9 Å². The normalized spacial score (nSPS) is 14.2. The standard InChI is InChI=1S/C45H77NO5S/c1-3-5-7-9-11-13-15-17-19-21-23-25-27-29-31-33-35-37-39-41-45(48)46-43(42-52(49,50)51)44(47)40-38-36-34-32-30-28-26-24-22-20-18-16-14-12-10-8-6-4-2/h5,7,11,13,17,19,23,25,29,31,35,37-38,40,43-44,47H,3-4,6,8-10,12,14-16,18,20-22,24,26-28,30,32-34,36,39,41-42H2,1-2H3,(H,46,48)(H,49,50,51)/b7-5-,13-11-,19-17-,25-23-,31-29-,37-35-,40-38+. The van der Waals surface area contributed by atoms with Gasteiger partial charge in [0.15, 0.2) is 0 Å². The monoisotopic (exact) mass is 744 g/mol. The molecule has 2 atom stereocenters. The minimum atomic E-state index is -4.37. The molecule has 7 heteroatoms. The van der Waals surface area contributed by atoms with Crippen molar-refractivity contribution in [2.75, 3.05) is 5.75 Å². The van der Waals surface area contributed by atoms with Gasteiger partial charge in [-0.2, -0.15) is 8.42 Å². The van der Waals surface area contributed by atoms with Crippen molar-refractivity contribution in [2.45, 2.75) is 187 Å². The largest absolute Gasteiger partial charge is 0.387 e. The molecule has 0 rings (SSSR count). The number of hydrogen-bond donors (Lipinski definition) is 3. The maximum atomic E-state index is 12.5. The van der Waals surface area contributed by atoms with Crippen molar-refractivity contribution in [1.29, 1.82) is 0 Å². The lowest BCUT2D eigenvalue weighted by molar-refractivity contribution is -0.122. The number of aliphatic hydroxyl groups excluding tert-OH is 1. The van der Waals surface area contributed by atoms with Crippen LogP contribution in [0.5, 0.6) is 0 Å². The molecule has 0 aromatic heterocycles. The molecule has 52 heavy (non-hydrogen) atoms. The van der Waals surface area contributed by atoms with Crippen LogP contribution in [-0.2, 0) is 14.9 Å². The van der Waals surface area contributed by atoms with Gasteiger partial charge in [-0.1, -0.05) is 195 Å². The van der Waals surface area contributed by atoms with Gasteiger partial charge in [0.05, 0.1) is 17.9 Å². The lowest BCUT2D eigenvalue weighted by Crippen LogP contribution is -2.46. The maximum Gasteiger partial charge on any atom is 0.267 e. The van der Waals surface area contributed by atoms with Crippen LogP contribution < -0.4 is 5.32 Å². The first-order chi connectivity index (χ1) is 25.3. The molecule has 0 fully saturated rings. The van der Waals surface area contributed by atoms with Crippen LogP contribution >= 0.6 is 0 Å². The van der Waals surface area contributed by atoms with Crippen LogP contribution in [0.25, 0.3) is 0 Å². The quantitative estimate of drug-likeness (QED) is 0.0337. The molecular weight excluding hydrogens is 667 g/mol. The van der Waals surface area contributed by atoms with Crippen molar-refractivity contribution in [3.8, 4) is 0 Å². The lowest BCUT2D eigenvalue weighted by atomic mass is 10.0. The molecule has 0 aliphatic rings. The van der Waals surface area contributed by atoms with Gasteiger partial charge in [-0.05, 0) is 57.8 Å². The van der Waals surface area contributed by atoms with Crippen LogP contribution in [0.1, 0.15) is 174 Å². The summed E-state index contributed by atoms with van der Waals surface area (Å²) in [5.74, 6) is -1.10. The van der Waals surface area contributed by atoms with E-state index in [9.17, 15) is 22.9 Å². The maximum absolute atomic E-state index is 12.5. The Hall–Kier alpha value is -2.48. The first-order valence-electron chi connectivity index (χ1n) is 20.8. The van der Waals surface area contributed by atoms with Crippen LogP contribution in [0.4, 0.5) is 0 Å². The molecular formula is C45H77NO5S. The second kappa shape index (κ2) is 38.3. The Morgan fingerprint density at radius 2 is 0.923 bits per heavy atom. The third-order valence-corrected chi connectivity index (χ3v) is 9.62. The van der Waals surface area contributed by atoms with E-state index >= 15 is 0 Å². The van der Waals surface area contributed by atoms with Crippen molar-refractivity contribution in [1.82, 2.24) is 5.32 Å². The third kappa shape index (κ3) is 38.7. The average molecular weight is 744 g/mol. The van der Waals surface area contributed by atoms with Crippen LogP contribution in [-0.4, -0.2) is 41.9 Å². The highest BCUT2D eigenvalue weighted by Gasteiger charge is 2.24. The fourth-order valence-electron chi connectivity index (χ4n) is 5.77. The Labute approximate surface area is 320 Å². The number of rotatable bonds is 36. The van der Waals surface area contributed by atoms with E-state index < -0.39 is 28.0 Å². The van der Waals surface area contributed by atoms with Gasteiger partial charge in [0.2, 0.25) is 5.91 Å². The minimum absolute atomic E-state index is 0.166. The number of unbranched alkanes of at least 4 members (excludes halogenated alkanes) is 16. The Bertz CT molecular complexity index is 1130. The summed E-state index contributed by atoms with van der Waals surface area (Å²) in [7, 11) is -4.37. The Morgan fingerprint density at radius 1 is 0.538 bits per heavy atom. The molecule has 0 heterocycles. The summed E-state index contributed by atoms with van der Waals surface area (Å²) in [5.41, 5.74) is 0. The number of hydrogen-bond acceptors (Lipinski definition) is 4. The van der Waals surface area contributed by atoms with Crippen LogP contribution in [0.2, 0.25) is 0 Å². The summed E-state index contributed by atoms with van der Waals surface area (Å²) in [6.45, 7) is 4.41. The molecule has 0 saturated carbocycles. The number of carbonyl (C=O) groups is 1. The first kappa shape index (κ1) is 49.5. The van der Waals surface area contributed by atoms with Crippen molar-refractivity contribution in [3.05, 3.63) is 85.1 Å². The van der Waals surface area contributed by atoms with Crippen molar-refractivity contribution in [2.24, 2.45) is 0 Å². The van der Waals surface area contributed by atoms with Gasteiger partial charge < -0.3 is 10.4 Å². The number of amides is 1. The summed E-state index contributed by atoms with van der Waals surface area (Å²) in [6.07, 6.45) is 55.8. The molecule has 6 nitrogen and oxygen atoms in total. The number of allylic oxidation sites excluding steroid dienone is 13. The molecule has 0 saturated heterocycles. The van der Waals surface area contributed by atoms with E-state index in [-0.39, 0.29) is 12.3 Å². The highest BCUT2D eigenvalue weighted by Crippen LogP contribution is 2.14. The average Bonchev–Trinajstić information content (AvgIpc) is 3.11. The molecule has 0 bridgehead atoms. The highest BCUT2D eigenvalue weighted by molar-refractivity contribution is 7.85. The summed E-state index contributed by atoms with van der Waals surface area (Å²) < 4.78 is 32.5. The predicted octanol–water partition coefficient (Wildman–Crippen LogP) is 12.4. The zero-order valence-corrected chi connectivity index (χ0v) is 34.0. The molecule has 0 radical (unpaired) electrons. The smallest absolute Gasteiger partial charge is 0.267 e. The van der Waals surface area contributed by atoms with Crippen LogP contribution in [0.3, 0.4) is 0 Å². The second-order valence-corrected chi connectivity index (χ2v) is 15.4. The van der Waals surface area contributed by atoms with E-state index in [0.29, 0.717) is 6.42 Å². The molecule has 0 aliphatic heterocycles. The molecule has 0 aliphatic carbocycles. The van der Waals surface area contributed by atoms with E-state index in [1.807, 2.05) is 18.2 Å². The van der Waals surface area contributed by atoms with Gasteiger partial charge in [0, 0.05) is 6.42 Å². The topological polar surface area (TPSA) is 104 Å². The Kier molecular flexibility index (Phi) is 36.4. The number of nitrogens with one attached hydrogen (secondary N) is 1. The molecule has 298 valence electrons. The van der Waals surface area contributed by atoms with Gasteiger partial charge in [-0.25, -0.2) is 0 Å².